The van der Waals surface area contributed by atoms with Gasteiger partial charge >= 0.3 is 0 Å². The molecular formula is C10H16N6S. The van der Waals surface area contributed by atoms with E-state index in [1.54, 1.807) is 16.0 Å². The molecule has 6 nitrogen and oxygen atoms in total. The normalized spacial score (nSPS) is 11.1. The molecule has 1 N–H and O–H groups in total. The quantitative estimate of drug-likeness (QED) is 0.873. The van der Waals surface area contributed by atoms with Crippen molar-refractivity contribution < 1.29 is 0 Å². The maximum Gasteiger partial charge on any atom is 0.205 e. The van der Waals surface area contributed by atoms with E-state index in [1.165, 1.54) is 0 Å². The van der Waals surface area contributed by atoms with Crippen LogP contribution in [-0.2, 0) is 20.0 Å². The molecule has 2 rings (SSSR count). The molecule has 0 fully saturated rings. The molecule has 0 aromatic carbocycles. The zero-order chi connectivity index (χ0) is 12.3. The summed E-state index contributed by atoms with van der Waals surface area (Å²) in [5.41, 5.74) is 0.896. The van der Waals surface area contributed by atoms with E-state index < -0.39 is 0 Å². The summed E-state index contributed by atoms with van der Waals surface area (Å²) >= 11 is 1.60. The van der Waals surface area contributed by atoms with Crippen molar-refractivity contribution in [3.05, 3.63) is 16.9 Å². The second kappa shape index (κ2) is 5.22. The first-order chi connectivity index (χ1) is 8.13. The van der Waals surface area contributed by atoms with Gasteiger partial charge in [-0.05, 0) is 5.92 Å². The number of rotatable bonds is 5. The Morgan fingerprint density at radius 1 is 1.35 bits per heavy atom. The lowest BCUT2D eigenvalue weighted by atomic mass is 10.1. The standard InChI is InChI=1S/C10H16N6S/c1-7(2)4-9-13-14-10(17-9)11-5-8-6-16(3)15-12-8/h6-7H,4-5H2,1-3H3,(H,11,14). The number of aryl methyl sites for hydroxylation is 1. The zero-order valence-electron chi connectivity index (χ0n) is 10.2. The highest BCUT2D eigenvalue weighted by Crippen LogP contribution is 2.18. The van der Waals surface area contributed by atoms with Gasteiger partial charge in [0.15, 0.2) is 0 Å². The molecule has 17 heavy (non-hydrogen) atoms. The first-order valence-electron chi connectivity index (χ1n) is 5.55. The van der Waals surface area contributed by atoms with Crippen LogP contribution in [0.25, 0.3) is 0 Å². The fourth-order valence-corrected chi connectivity index (χ4v) is 2.35. The number of nitrogens with one attached hydrogen (secondary N) is 1. The largest absolute Gasteiger partial charge is 0.354 e. The molecule has 7 heteroatoms. The summed E-state index contributed by atoms with van der Waals surface area (Å²) in [6.07, 6.45) is 2.85. The van der Waals surface area contributed by atoms with Gasteiger partial charge in [-0.3, -0.25) is 4.68 Å². The average Bonchev–Trinajstić information content (AvgIpc) is 2.84. The molecule has 2 aromatic heterocycles. The Balaban J connectivity index is 1.89. The summed E-state index contributed by atoms with van der Waals surface area (Å²) in [6, 6.07) is 0. The first kappa shape index (κ1) is 12.0. The summed E-state index contributed by atoms with van der Waals surface area (Å²) in [7, 11) is 1.85. The van der Waals surface area contributed by atoms with Crippen LogP contribution in [0.4, 0.5) is 5.13 Å². The fraction of sp³-hybridized carbons (Fsp3) is 0.600. The molecule has 2 heterocycles. The zero-order valence-corrected chi connectivity index (χ0v) is 11.0. The molecule has 0 spiro atoms. The minimum atomic E-state index is 0.607. The third-order valence-corrected chi connectivity index (χ3v) is 3.02. The predicted octanol–water partition coefficient (Wildman–Crippen LogP) is 1.48. The molecule has 0 aliphatic rings. The monoisotopic (exact) mass is 252 g/mol. The summed E-state index contributed by atoms with van der Waals surface area (Å²) in [5, 5.41) is 21.2. The molecule has 0 atom stereocenters. The Labute approximate surface area is 104 Å². The van der Waals surface area contributed by atoms with Gasteiger partial charge in [0.2, 0.25) is 5.13 Å². The van der Waals surface area contributed by atoms with E-state index in [9.17, 15) is 0 Å². The maximum absolute atomic E-state index is 4.14. The van der Waals surface area contributed by atoms with Crippen molar-refractivity contribution in [3.8, 4) is 0 Å². The Morgan fingerprint density at radius 3 is 2.82 bits per heavy atom. The third-order valence-electron chi connectivity index (χ3n) is 2.12. The van der Waals surface area contributed by atoms with Crippen LogP contribution in [0.15, 0.2) is 6.20 Å². The van der Waals surface area contributed by atoms with Crippen molar-refractivity contribution in [2.45, 2.75) is 26.8 Å². The Kier molecular flexibility index (Phi) is 3.68. The molecule has 0 aliphatic heterocycles. The molecule has 0 unspecified atom stereocenters. The molecule has 0 saturated heterocycles. The van der Waals surface area contributed by atoms with Gasteiger partial charge in [0.05, 0.1) is 6.54 Å². The highest BCUT2D eigenvalue weighted by Gasteiger charge is 2.06. The lowest BCUT2D eigenvalue weighted by Crippen LogP contribution is -1.99. The van der Waals surface area contributed by atoms with Crippen LogP contribution in [-0.4, -0.2) is 25.2 Å². The van der Waals surface area contributed by atoms with Crippen LogP contribution < -0.4 is 5.32 Å². The fourth-order valence-electron chi connectivity index (χ4n) is 1.40. The van der Waals surface area contributed by atoms with E-state index in [0.717, 1.165) is 22.3 Å². The second-order valence-corrected chi connectivity index (χ2v) is 5.40. The molecule has 0 bridgehead atoms. The second-order valence-electron chi connectivity index (χ2n) is 4.34. The molecule has 0 aliphatic carbocycles. The Hall–Kier alpha value is -1.50. The number of hydrogen-bond donors (Lipinski definition) is 1. The molecule has 2 aromatic rings. The summed E-state index contributed by atoms with van der Waals surface area (Å²) in [5.74, 6) is 0.607. The van der Waals surface area contributed by atoms with E-state index >= 15 is 0 Å². The van der Waals surface area contributed by atoms with Gasteiger partial charge in [-0.25, -0.2) is 0 Å². The van der Waals surface area contributed by atoms with E-state index in [0.29, 0.717) is 12.5 Å². The van der Waals surface area contributed by atoms with E-state index in [1.807, 2.05) is 13.2 Å². The van der Waals surface area contributed by atoms with Gasteiger partial charge in [-0.2, -0.15) is 0 Å². The topological polar surface area (TPSA) is 68.5 Å². The van der Waals surface area contributed by atoms with Gasteiger partial charge in [0.1, 0.15) is 10.7 Å². The maximum atomic E-state index is 4.14. The third kappa shape index (κ3) is 3.48. The lowest BCUT2D eigenvalue weighted by molar-refractivity contribution is 0.640. The van der Waals surface area contributed by atoms with E-state index in [4.69, 9.17) is 0 Å². The van der Waals surface area contributed by atoms with Crippen LogP contribution in [0.1, 0.15) is 24.5 Å². The Bertz CT molecular complexity index is 475. The van der Waals surface area contributed by atoms with Gasteiger partial charge in [-0.15, -0.1) is 15.3 Å². The number of aromatic nitrogens is 5. The average molecular weight is 252 g/mol. The molecule has 92 valence electrons. The highest BCUT2D eigenvalue weighted by molar-refractivity contribution is 7.15. The number of nitrogens with zero attached hydrogens (tertiary/aromatic N) is 5. The predicted molar refractivity (Wildman–Crippen MR) is 66.8 cm³/mol. The Morgan fingerprint density at radius 2 is 2.18 bits per heavy atom. The van der Waals surface area contributed by atoms with Crippen molar-refractivity contribution in [2.24, 2.45) is 13.0 Å². The number of hydrogen-bond acceptors (Lipinski definition) is 6. The van der Waals surface area contributed by atoms with Crippen molar-refractivity contribution in [3.63, 3.8) is 0 Å². The minimum Gasteiger partial charge on any atom is -0.354 e. The van der Waals surface area contributed by atoms with Gasteiger partial charge in [0, 0.05) is 19.7 Å². The summed E-state index contributed by atoms with van der Waals surface area (Å²) < 4.78 is 1.68. The summed E-state index contributed by atoms with van der Waals surface area (Å²) in [6.45, 7) is 4.98. The van der Waals surface area contributed by atoms with Gasteiger partial charge in [-0.1, -0.05) is 30.4 Å². The molecule has 0 saturated carbocycles. The number of anilines is 1. The van der Waals surface area contributed by atoms with Crippen LogP contribution in [0.3, 0.4) is 0 Å². The van der Waals surface area contributed by atoms with Crippen molar-refractivity contribution in [1.82, 2.24) is 25.2 Å². The van der Waals surface area contributed by atoms with Crippen LogP contribution >= 0.6 is 11.3 Å². The van der Waals surface area contributed by atoms with Gasteiger partial charge < -0.3 is 5.32 Å². The minimum absolute atomic E-state index is 0.607. The highest BCUT2D eigenvalue weighted by atomic mass is 32.1. The van der Waals surface area contributed by atoms with Crippen molar-refractivity contribution >= 4 is 16.5 Å². The molecule has 0 amide bonds. The molecule has 0 radical (unpaired) electrons. The van der Waals surface area contributed by atoms with E-state index in [2.05, 4.69) is 39.7 Å². The van der Waals surface area contributed by atoms with E-state index in [-0.39, 0.29) is 0 Å². The van der Waals surface area contributed by atoms with Crippen LogP contribution in [0.2, 0.25) is 0 Å². The first-order valence-corrected chi connectivity index (χ1v) is 6.36. The van der Waals surface area contributed by atoms with Crippen molar-refractivity contribution in [2.75, 3.05) is 5.32 Å². The smallest absolute Gasteiger partial charge is 0.205 e. The van der Waals surface area contributed by atoms with Gasteiger partial charge in [0.25, 0.3) is 0 Å². The summed E-state index contributed by atoms with van der Waals surface area (Å²) in [4.78, 5) is 0. The van der Waals surface area contributed by atoms with Crippen LogP contribution in [0.5, 0.6) is 0 Å². The molecular weight excluding hydrogens is 236 g/mol. The van der Waals surface area contributed by atoms with Crippen LogP contribution in [0, 0.1) is 5.92 Å². The van der Waals surface area contributed by atoms with Crippen molar-refractivity contribution in [1.29, 1.82) is 0 Å². The lowest BCUT2D eigenvalue weighted by Gasteiger charge is -1.98. The SMILES string of the molecule is CC(C)Cc1nnc(NCc2cn(C)nn2)s1.